The second kappa shape index (κ2) is 4.22. The molecular weight excluding hydrogens is 204 g/mol. The van der Waals surface area contributed by atoms with Crippen LogP contribution in [0.1, 0.15) is 56.2 Å². The minimum absolute atomic E-state index is 0.212. The van der Waals surface area contributed by atoms with E-state index in [2.05, 4.69) is 19.2 Å². The molecule has 1 fully saturated rings. The van der Waals surface area contributed by atoms with Crippen LogP contribution in [-0.4, -0.2) is 11.5 Å². The third kappa shape index (κ3) is 1.95. The summed E-state index contributed by atoms with van der Waals surface area (Å²) in [7, 11) is 0. The first kappa shape index (κ1) is 11.1. The molecule has 0 atom stereocenters. The quantitative estimate of drug-likeness (QED) is 0.857. The Morgan fingerprint density at radius 3 is 2.60 bits per heavy atom. The van der Waals surface area contributed by atoms with Gasteiger partial charge in [-0.05, 0) is 12.8 Å². The van der Waals surface area contributed by atoms with Crippen molar-refractivity contribution >= 4 is 11.3 Å². The van der Waals surface area contributed by atoms with E-state index < -0.39 is 0 Å². The zero-order valence-electron chi connectivity index (χ0n) is 9.62. The van der Waals surface area contributed by atoms with E-state index in [0.29, 0.717) is 5.92 Å². The second-order valence-electron chi connectivity index (χ2n) is 4.92. The molecular formula is C12H20N2S. The minimum Gasteiger partial charge on any atom is -0.330 e. The Morgan fingerprint density at radius 2 is 2.13 bits per heavy atom. The molecule has 15 heavy (non-hydrogen) atoms. The van der Waals surface area contributed by atoms with Crippen LogP contribution in [0.2, 0.25) is 0 Å². The molecule has 1 aromatic heterocycles. The maximum atomic E-state index is 5.95. The van der Waals surface area contributed by atoms with Crippen LogP contribution >= 0.6 is 11.3 Å². The van der Waals surface area contributed by atoms with Crippen molar-refractivity contribution in [3.8, 4) is 0 Å². The molecule has 2 N–H and O–H groups in total. The molecule has 0 spiro atoms. The van der Waals surface area contributed by atoms with Crippen LogP contribution < -0.4 is 5.73 Å². The molecule has 0 saturated heterocycles. The molecule has 0 bridgehead atoms. The van der Waals surface area contributed by atoms with Crippen molar-refractivity contribution in [3.05, 3.63) is 16.1 Å². The lowest BCUT2D eigenvalue weighted by Crippen LogP contribution is -2.32. The summed E-state index contributed by atoms with van der Waals surface area (Å²) in [6.07, 6.45) is 5.08. The lowest BCUT2D eigenvalue weighted by atomic mass is 9.83. The van der Waals surface area contributed by atoms with Crippen LogP contribution in [-0.2, 0) is 5.41 Å². The van der Waals surface area contributed by atoms with Gasteiger partial charge in [-0.3, -0.25) is 0 Å². The molecule has 0 aromatic carbocycles. The Hall–Kier alpha value is -0.410. The Bertz CT molecular complexity index is 324. The summed E-state index contributed by atoms with van der Waals surface area (Å²) in [5.74, 6) is 0.542. The number of aromatic nitrogens is 1. The third-order valence-electron chi connectivity index (χ3n) is 3.51. The van der Waals surface area contributed by atoms with Crippen LogP contribution in [0, 0.1) is 0 Å². The zero-order valence-corrected chi connectivity index (χ0v) is 10.4. The molecule has 3 heteroatoms. The number of hydrogen-bond acceptors (Lipinski definition) is 3. The van der Waals surface area contributed by atoms with E-state index in [-0.39, 0.29) is 5.41 Å². The second-order valence-corrected chi connectivity index (χ2v) is 5.81. The minimum atomic E-state index is 0.212. The number of thiazole rings is 1. The smallest absolute Gasteiger partial charge is 0.0953 e. The van der Waals surface area contributed by atoms with Gasteiger partial charge in [0.1, 0.15) is 0 Å². The van der Waals surface area contributed by atoms with Gasteiger partial charge in [-0.2, -0.15) is 0 Å². The van der Waals surface area contributed by atoms with Gasteiger partial charge in [-0.25, -0.2) is 4.98 Å². The Morgan fingerprint density at radius 1 is 1.47 bits per heavy atom. The Kier molecular flexibility index (Phi) is 3.12. The van der Waals surface area contributed by atoms with Crippen LogP contribution in [0.15, 0.2) is 5.38 Å². The highest BCUT2D eigenvalue weighted by Crippen LogP contribution is 2.40. The van der Waals surface area contributed by atoms with Crippen molar-refractivity contribution in [2.75, 3.05) is 6.54 Å². The van der Waals surface area contributed by atoms with Gasteiger partial charge in [0, 0.05) is 23.3 Å². The van der Waals surface area contributed by atoms with Crippen molar-refractivity contribution < 1.29 is 0 Å². The van der Waals surface area contributed by atoms with Gasteiger partial charge in [-0.15, -0.1) is 11.3 Å². The fourth-order valence-electron chi connectivity index (χ4n) is 2.41. The Balaban J connectivity index is 2.27. The van der Waals surface area contributed by atoms with Crippen molar-refractivity contribution in [2.45, 2.75) is 50.9 Å². The van der Waals surface area contributed by atoms with E-state index in [0.717, 1.165) is 6.54 Å². The van der Waals surface area contributed by atoms with Gasteiger partial charge >= 0.3 is 0 Å². The van der Waals surface area contributed by atoms with Crippen LogP contribution in [0.3, 0.4) is 0 Å². The number of hydrogen-bond donors (Lipinski definition) is 1. The number of nitrogens with zero attached hydrogens (tertiary/aromatic N) is 1. The molecule has 1 heterocycles. The van der Waals surface area contributed by atoms with Gasteiger partial charge in [-0.1, -0.05) is 26.7 Å². The van der Waals surface area contributed by atoms with E-state index in [1.165, 1.54) is 36.4 Å². The molecule has 1 aliphatic carbocycles. The average Bonchev–Trinajstić information content (AvgIpc) is 2.87. The lowest BCUT2D eigenvalue weighted by molar-refractivity contribution is 0.440. The molecule has 0 unspecified atom stereocenters. The summed E-state index contributed by atoms with van der Waals surface area (Å²) >= 11 is 1.79. The van der Waals surface area contributed by atoms with Gasteiger partial charge in [0.05, 0.1) is 10.7 Å². The van der Waals surface area contributed by atoms with Crippen LogP contribution in [0.4, 0.5) is 0 Å². The molecule has 0 aliphatic heterocycles. The predicted octanol–water partition coefficient (Wildman–Crippen LogP) is 3.04. The molecule has 1 saturated carbocycles. The van der Waals surface area contributed by atoms with Gasteiger partial charge in [0.25, 0.3) is 0 Å². The highest BCUT2D eigenvalue weighted by molar-refractivity contribution is 7.09. The molecule has 0 amide bonds. The fourth-order valence-corrected chi connectivity index (χ4v) is 3.37. The summed E-state index contributed by atoms with van der Waals surface area (Å²) in [4.78, 5) is 4.77. The van der Waals surface area contributed by atoms with E-state index in [1.54, 1.807) is 11.3 Å². The topological polar surface area (TPSA) is 38.9 Å². The maximum Gasteiger partial charge on any atom is 0.0953 e. The van der Waals surface area contributed by atoms with Crippen molar-refractivity contribution in [1.29, 1.82) is 0 Å². The molecule has 2 rings (SSSR count). The van der Waals surface area contributed by atoms with E-state index in [4.69, 9.17) is 10.7 Å². The highest BCUT2D eigenvalue weighted by Gasteiger charge is 2.36. The molecule has 1 aliphatic rings. The van der Waals surface area contributed by atoms with Crippen LogP contribution in [0.5, 0.6) is 0 Å². The van der Waals surface area contributed by atoms with E-state index in [1.807, 2.05) is 0 Å². The first-order valence-electron chi connectivity index (χ1n) is 5.84. The molecule has 1 aromatic rings. The SMILES string of the molecule is CC(C)c1nc(C2(CN)CCCC2)cs1. The van der Waals surface area contributed by atoms with Crippen LogP contribution in [0.25, 0.3) is 0 Å². The fraction of sp³-hybridized carbons (Fsp3) is 0.750. The van der Waals surface area contributed by atoms with Gasteiger partial charge < -0.3 is 5.73 Å². The summed E-state index contributed by atoms with van der Waals surface area (Å²) in [6.45, 7) is 5.16. The molecule has 84 valence electrons. The summed E-state index contributed by atoms with van der Waals surface area (Å²) in [5, 5.41) is 3.48. The molecule has 0 radical (unpaired) electrons. The van der Waals surface area contributed by atoms with E-state index in [9.17, 15) is 0 Å². The number of nitrogens with two attached hydrogens (primary N) is 1. The largest absolute Gasteiger partial charge is 0.330 e. The monoisotopic (exact) mass is 224 g/mol. The first-order valence-corrected chi connectivity index (χ1v) is 6.72. The van der Waals surface area contributed by atoms with Crippen molar-refractivity contribution in [2.24, 2.45) is 5.73 Å². The van der Waals surface area contributed by atoms with E-state index >= 15 is 0 Å². The van der Waals surface area contributed by atoms with Gasteiger partial charge in [0.2, 0.25) is 0 Å². The zero-order chi connectivity index (χ0) is 10.9. The Labute approximate surface area is 95.9 Å². The third-order valence-corrected chi connectivity index (χ3v) is 4.66. The average molecular weight is 224 g/mol. The summed E-state index contributed by atoms with van der Waals surface area (Å²) in [6, 6.07) is 0. The van der Waals surface area contributed by atoms with Gasteiger partial charge in [0.15, 0.2) is 0 Å². The van der Waals surface area contributed by atoms with Crippen molar-refractivity contribution in [3.63, 3.8) is 0 Å². The first-order chi connectivity index (χ1) is 7.18. The predicted molar refractivity (Wildman–Crippen MR) is 65.4 cm³/mol. The highest BCUT2D eigenvalue weighted by atomic mass is 32.1. The molecule has 2 nitrogen and oxygen atoms in total. The summed E-state index contributed by atoms with van der Waals surface area (Å²) in [5.41, 5.74) is 7.42. The number of rotatable bonds is 3. The lowest BCUT2D eigenvalue weighted by Gasteiger charge is -2.24. The standard InChI is InChI=1S/C12H20N2S/c1-9(2)11-14-10(7-15-11)12(8-13)5-3-4-6-12/h7,9H,3-6,8,13H2,1-2H3. The van der Waals surface area contributed by atoms with Crippen molar-refractivity contribution in [1.82, 2.24) is 4.98 Å². The maximum absolute atomic E-state index is 5.95. The summed E-state index contributed by atoms with van der Waals surface area (Å²) < 4.78 is 0. The normalized spacial score (nSPS) is 20.0.